The van der Waals surface area contributed by atoms with Gasteiger partial charge in [0.05, 0.1) is 31.6 Å². The minimum absolute atomic E-state index is 0.314. The lowest BCUT2D eigenvalue weighted by Gasteiger charge is -2.15. The van der Waals surface area contributed by atoms with E-state index in [4.69, 9.17) is 4.74 Å². The van der Waals surface area contributed by atoms with Gasteiger partial charge < -0.3 is 20.1 Å². The molecule has 1 fully saturated rings. The molecule has 1 aliphatic rings. The molecule has 21 heavy (non-hydrogen) atoms. The van der Waals surface area contributed by atoms with E-state index in [1.54, 1.807) is 30.5 Å². The van der Waals surface area contributed by atoms with Crippen LogP contribution in [-0.4, -0.2) is 32.3 Å². The molecule has 1 heterocycles. The number of anilines is 1. The van der Waals surface area contributed by atoms with Gasteiger partial charge in [-0.05, 0) is 30.5 Å². The van der Waals surface area contributed by atoms with E-state index in [-0.39, 0.29) is 0 Å². The third kappa shape index (κ3) is 4.32. The van der Waals surface area contributed by atoms with Gasteiger partial charge in [-0.2, -0.15) is 0 Å². The van der Waals surface area contributed by atoms with Crippen molar-refractivity contribution in [3.63, 3.8) is 0 Å². The number of para-hydroxylation sites is 1. The number of ether oxygens (including phenoxy) is 2. The van der Waals surface area contributed by atoms with E-state index in [9.17, 15) is 9.59 Å². The Morgan fingerprint density at radius 2 is 1.95 bits per heavy atom. The van der Waals surface area contributed by atoms with E-state index in [1.807, 2.05) is 0 Å². The van der Waals surface area contributed by atoms with Crippen LogP contribution < -0.4 is 10.6 Å². The molecule has 1 aromatic carbocycles. The van der Waals surface area contributed by atoms with Crippen molar-refractivity contribution in [2.24, 2.45) is 0 Å². The predicted molar refractivity (Wildman–Crippen MR) is 78.1 cm³/mol. The Labute approximate surface area is 123 Å². The summed E-state index contributed by atoms with van der Waals surface area (Å²) in [7, 11) is 1.30. The van der Waals surface area contributed by atoms with Crippen molar-refractivity contribution in [1.29, 1.82) is 0 Å². The first-order valence-corrected chi connectivity index (χ1v) is 6.71. The monoisotopic (exact) mass is 290 g/mol. The zero-order valence-corrected chi connectivity index (χ0v) is 11.8. The fourth-order valence-corrected chi connectivity index (χ4v) is 1.98. The molecule has 0 radical (unpaired) electrons. The highest BCUT2D eigenvalue weighted by Crippen LogP contribution is 2.16. The standard InChI is InChI=1S/C15H18N2O4/c1-20-14(18)12-4-2-3-5-13(12)17-15(19)16-10-11-6-8-21-9-7-11/h2-5,10H,6-9H2,1H3,(H2,16,17,19). The van der Waals surface area contributed by atoms with Crippen LogP contribution in [0.15, 0.2) is 36.0 Å². The summed E-state index contributed by atoms with van der Waals surface area (Å²) in [4.78, 5) is 23.5. The molecule has 1 saturated heterocycles. The first-order valence-electron chi connectivity index (χ1n) is 6.71. The molecule has 1 aliphatic heterocycles. The average molecular weight is 290 g/mol. The third-order valence-corrected chi connectivity index (χ3v) is 3.12. The van der Waals surface area contributed by atoms with E-state index in [1.165, 1.54) is 7.11 Å². The van der Waals surface area contributed by atoms with Crippen LogP contribution in [0, 0.1) is 0 Å². The summed E-state index contributed by atoms with van der Waals surface area (Å²) in [5.74, 6) is -0.492. The van der Waals surface area contributed by atoms with Gasteiger partial charge in [0.2, 0.25) is 0 Å². The summed E-state index contributed by atoms with van der Waals surface area (Å²) in [5, 5.41) is 5.30. The minimum Gasteiger partial charge on any atom is -0.465 e. The number of rotatable bonds is 3. The largest absolute Gasteiger partial charge is 0.465 e. The SMILES string of the molecule is COC(=O)c1ccccc1NC(=O)NC=C1CCOCC1. The van der Waals surface area contributed by atoms with Gasteiger partial charge in [0.25, 0.3) is 0 Å². The Morgan fingerprint density at radius 1 is 1.24 bits per heavy atom. The number of urea groups is 1. The van der Waals surface area contributed by atoms with Crippen molar-refractivity contribution in [2.75, 3.05) is 25.6 Å². The Kier molecular flexibility index (Phi) is 5.34. The number of hydrogen-bond donors (Lipinski definition) is 2. The summed E-state index contributed by atoms with van der Waals surface area (Å²) in [6, 6.07) is 6.29. The van der Waals surface area contributed by atoms with Crippen LogP contribution in [0.4, 0.5) is 10.5 Å². The molecule has 112 valence electrons. The van der Waals surface area contributed by atoms with Gasteiger partial charge >= 0.3 is 12.0 Å². The van der Waals surface area contributed by atoms with Crippen molar-refractivity contribution in [3.8, 4) is 0 Å². The topological polar surface area (TPSA) is 76.7 Å². The lowest BCUT2D eigenvalue weighted by Crippen LogP contribution is -2.26. The molecule has 2 rings (SSSR count). The van der Waals surface area contributed by atoms with Crippen LogP contribution in [0.5, 0.6) is 0 Å². The minimum atomic E-state index is -0.492. The van der Waals surface area contributed by atoms with E-state index in [0.29, 0.717) is 24.5 Å². The maximum Gasteiger partial charge on any atom is 0.339 e. The number of amides is 2. The summed E-state index contributed by atoms with van der Waals surface area (Å²) >= 11 is 0. The molecule has 0 spiro atoms. The molecule has 0 aliphatic carbocycles. The van der Waals surface area contributed by atoms with E-state index in [2.05, 4.69) is 15.4 Å². The van der Waals surface area contributed by atoms with Crippen molar-refractivity contribution in [3.05, 3.63) is 41.6 Å². The highest BCUT2D eigenvalue weighted by atomic mass is 16.5. The van der Waals surface area contributed by atoms with Crippen LogP contribution in [0.2, 0.25) is 0 Å². The average Bonchev–Trinajstić information content (AvgIpc) is 2.54. The van der Waals surface area contributed by atoms with E-state index < -0.39 is 12.0 Å². The molecular weight excluding hydrogens is 272 g/mol. The number of nitrogens with one attached hydrogen (secondary N) is 2. The molecular formula is C15H18N2O4. The number of methoxy groups -OCH3 is 1. The Bertz CT molecular complexity index is 546. The molecule has 2 N–H and O–H groups in total. The fourth-order valence-electron chi connectivity index (χ4n) is 1.98. The Hall–Kier alpha value is -2.34. The van der Waals surface area contributed by atoms with Gasteiger partial charge in [-0.1, -0.05) is 12.1 Å². The second-order valence-corrected chi connectivity index (χ2v) is 4.55. The van der Waals surface area contributed by atoms with Crippen molar-refractivity contribution < 1.29 is 19.1 Å². The zero-order valence-electron chi connectivity index (χ0n) is 11.8. The maximum absolute atomic E-state index is 11.9. The smallest absolute Gasteiger partial charge is 0.339 e. The van der Waals surface area contributed by atoms with Crippen LogP contribution in [-0.2, 0) is 9.47 Å². The summed E-state index contributed by atoms with van der Waals surface area (Å²) in [5.41, 5.74) is 1.86. The maximum atomic E-state index is 11.9. The summed E-state index contributed by atoms with van der Waals surface area (Å²) in [6.07, 6.45) is 3.33. The third-order valence-electron chi connectivity index (χ3n) is 3.12. The number of carbonyl (C=O) groups excluding carboxylic acids is 2. The predicted octanol–water partition coefficient (Wildman–Crippen LogP) is 2.29. The Balaban J connectivity index is 1.98. The molecule has 6 heteroatoms. The second kappa shape index (κ2) is 7.44. The highest BCUT2D eigenvalue weighted by Gasteiger charge is 2.13. The number of esters is 1. The van der Waals surface area contributed by atoms with E-state index in [0.717, 1.165) is 18.4 Å². The van der Waals surface area contributed by atoms with Gasteiger partial charge in [0.15, 0.2) is 0 Å². The normalized spacial score (nSPS) is 14.2. The molecule has 1 aromatic rings. The molecule has 0 aromatic heterocycles. The second-order valence-electron chi connectivity index (χ2n) is 4.55. The van der Waals surface area contributed by atoms with E-state index >= 15 is 0 Å². The zero-order chi connectivity index (χ0) is 15.1. The summed E-state index contributed by atoms with van der Waals surface area (Å²) in [6.45, 7) is 1.36. The number of hydrogen-bond acceptors (Lipinski definition) is 4. The quantitative estimate of drug-likeness (QED) is 0.837. The molecule has 0 bridgehead atoms. The number of benzene rings is 1. The first kappa shape index (κ1) is 15.1. The summed E-state index contributed by atoms with van der Waals surface area (Å²) < 4.78 is 9.91. The molecule has 0 saturated carbocycles. The lowest BCUT2D eigenvalue weighted by atomic mass is 10.1. The molecule has 6 nitrogen and oxygen atoms in total. The van der Waals surface area contributed by atoms with Gasteiger partial charge in [0.1, 0.15) is 0 Å². The fraction of sp³-hybridized carbons (Fsp3) is 0.333. The van der Waals surface area contributed by atoms with Crippen LogP contribution in [0.1, 0.15) is 23.2 Å². The highest BCUT2D eigenvalue weighted by molar-refractivity contribution is 6.00. The van der Waals surface area contributed by atoms with Gasteiger partial charge in [-0.15, -0.1) is 0 Å². The van der Waals surface area contributed by atoms with Crippen LogP contribution in [0.3, 0.4) is 0 Å². The van der Waals surface area contributed by atoms with Crippen LogP contribution >= 0.6 is 0 Å². The van der Waals surface area contributed by atoms with Gasteiger partial charge in [0, 0.05) is 6.20 Å². The Morgan fingerprint density at radius 3 is 2.67 bits per heavy atom. The van der Waals surface area contributed by atoms with Crippen molar-refractivity contribution in [1.82, 2.24) is 5.32 Å². The molecule has 0 unspecified atom stereocenters. The molecule has 0 atom stereocenters. The lowest BCUT2D eigenvalue weighted by molar-refractivity contribution is 0.0602. The molecule has 2 amide bonds. The van der Waals surface area contributed by atoms with Crippen molar-refractivity contribution in [2.45, 2.75) is 12.8 Å². The number of carbonyl (C=O) groups is 2. The van der Waals surface area contributed by atoms with Gasteiger partial charge in [-0.25, -0.2) is 9.59 Å². The first-order chi connectivity index (χ1) is 10.2. The van der Waals surface area contributed by atoms with Crippen molar-refractivity contribution >= 4 is 17.7 Å². The van der Waals surface area contributed by atoms with Crippen LogP contribution in [0.25, 0.3) is 0 Å². The van der Waals surface area contributed by atoms with Gasteiger partial charge in [-0.3, -0.25) is 0 Å².